The third-order valence-corrected chi connectivity index (χ3v) is 4.89. The minimum absolute atomic E-state index is 0.293. The van der Waals surface area contributed by atoms with Gasteiger partial charge >= 0.3 is 6.43 Å². The molecular weight excluding hydrogens is 419 g/mol. The van der Waals surface area contributed by atoms with Gasteiger partial charge in [0.05, 0.1) is 18.3 Å². The lowest BCUT2D eigenvalue weighted by atomic mass is 9.99. The Labute approximate surface area is 174 Å². The van der Waals surface area contributed by atoms with E-state index in [1.54, 1.807) is 35.8 Å². The number of benzene rings is 1. The number of rotatable bonds is 9. The number of carbonyl (C=O) groups is 1. The van der Waals surface area contributed by atoms with Crippen LogP contribution in [0.2, 0.25) is 0 Å². The number of nitrogens with zero attached hydrogens (tertiary/aromatic N) is 3. The average molecular weight is 437 g/mol. The summed E-state index contributed by atoms with van der Waals surface area (Å²) in [5, 5.41) is 15.8. The molecular formula is C19H18F3N5O2S. The third-order valence-electron chi connectivity index (χ3n) is 4.27. The second-order valence-corrected chi connectivity index (χ2v) is 7.06. The second kappa shape index (κ2) is 10.1. The van der Waals surface area contributed by atoms with E-state index in [-0.39, 0.29) is 0 Å². The highest BCUT2D eigenvalue weighted by molar-refractivity contribution is 7.09. The van der Waals surface area contributed by atoms with Crippen LogP contribution in [0.25, 0.3) is 11.1 Å². The Balaban J connectivity index is 1.63. The maximum Gasteiger partial charge on any atom is 0.315 e. The van der Waals surface area contributed by atoms with Crippen molar-refractivity contribution in [2.24, 2.45) is 0 Å². The average Bonchev–Trinajstić information content (AvgIpc) is 3.29. The van der Waals surface area contributed by atoms with Crippen LogP contribution in [0.4, 0.5) is 18.3 Å². The predicted molar refractivity (Wildman–Crippen MR) is 106 cm³/mol. The molecule has 7 nitrogen and oxygen atoms in total. The number of aliphatic hydroxyl groups is 1. The van der Waals surface area contributed by atoms with Crippen LogP contribution in [0.15, 0.2) is 48.9 Å². The first-order valence-electron chi connectivity index (χ1n) is 8.86. The molecule has 0 saturated carbocycles. The summed E-state index contributed by atoms with van der Waals surface area (Å²) >= 11 is 1.25. The molecule has 3 N–H and O–H groups in total. The summed E-state index contributed by atoms with van der Waals surface area (Å²) in [4.78, 5) is 19.5. The van der Waals surface area contributed by atoms with Gasteiger partial charge in [-0.05, 0) is 17.2 Å². The summed E-state index contributed by atoms with van der Waals surface area (Å²) in [5.74, 6) is -1.62. The number of aromatic nitrogens is 3. The molecule has 1 aromatic carbocycles. The standard InChI is InChI=1S/C19H18F3N5O2S/c20-7-15(27-18(29)17(21)22)16(28)12-3-1-11(2-4-12)13-5-6-14(23-8-13)9-24-19-25-10-26-30-19/h1-6,8,10,15-17,28H,7,9H2,(H,27,29)(H,24,25,26)/t15-,16-/m1/s1. The van der Waals surface area contributed by atoms with Crippen molar-refractivity contribution in [3.05, 3.63) is 60.2 Å². The summed E-state index contributed by atoms with van der Waals surface area (Å²) in [6, 6.07) is 8.75. The summed E-state index contributed by atoms with van der Waals surface area (Å²) in [6.07, 6.45) is -1.58. The number of pyridine rings is 1. The molecule has 2 heterocycles. The summed E-state index contributed by atoms with van der Waals surface area (Å²) < 4.78 is 41.7. The Morgan fingerprint density at radius 1 is 1.10 bits per heavy atom. The molecule has 0 aliphatic carbocycles. The van der Waals surface area contributed by atoms with Crippen molar-refractivity contribution >= 4 is 22.6 Å². The largest absolute Gasteiger partial charge is 0.386 e. The van der Waals surface area contributed by atoms with Crippen molar-refractivity contribution in [3.8, 4) is 11.1 Å². The van der Waals surface area contributed by atoms with Gasteiger partial charge in [0.25, 0.3) is 5.91 Å². The highest BCUT2D eigenvalue weighted by atomic mass is 32.1. The van der Waals surface area contributed by atoms with Crippen LogP contribution in [0.1, 0.15) is 17.4 Å². The molecule has 0 unspecified atom stereocenters. The fraction of sp³-hybridized carbons (Fsp3) is 0.263. The van der Waals surface area contributed by atoms with Crippen LogP contribution in [-0.4, -0.2) is 44.5 Å². The molecule has 0 aliphatic heterocycles. The quantitative estimate of drug-likeness (QED) is 0.476. The Bertz CT molecular complexity index is 940. The Hall–Kier alpha value is -3.05. The van der Waals surface area contributed by atoms with Gasteiger partial charge in [0.15, 0.2) is 0 Å². The van der Waals surface area contributed by atoms with Crippen LogP contribution < -0.4 is 10.6 Å². The minimum Gasteiger partial charge on any atom is -0.386 e. The van der Waals surface area contributed by atoms with Crippen molar-refractivity contribution in [3.63, 3.8) is 0 Å². The second-order valence-electron chi connectivity index (χ2n) is 6.28. The smallest absolute Gasteiger partial charge is 0.315 e. The van der Waals surface area contributed by atoms with E-state index in [9.17, 15) is 23.1 Å². The molecule has 2 atom stereocenters. The molecule has 158 valence electrons. The van der Waals surface area contributed by atoms with E-state index >= 15 is 0 Å². The number of carbonyl (C=O) groups excluding carboxylic acids is 1. The molecule has 2 aromatic heterocycles. The number of hydrogen-bond donors (Lipinski definition) is 3. The van der Waals surface area contributed by atoms with E-state index in [4.69, 9.17) is 0 Å². The fourth-order valence-electron chi connectivity index (χ4n) is 2.67. The van der Waals surface area contributed by atoms with Gasteiger partial charge in [-0.1, -0.05) is 30.3 Å². The monoisotopic (exact) mass is 437 g/mol. The molecule has 0 aliphatic rings. The van der Waals surface area contributed by atoms with Crippen molar-refractivity contribution in [1.29, 1.82) is 0 Å². The van der Waals surface area contributed by atoms with Gasteiger partial charge in [0, 0.05) is 23.3 Å². The maximum atomic E-state index is 13.1. The van der Waals surface area contributed by atoms with E-state index in [0.29, 0.717) is 17.2 Å². The van der Waals surface area contributed by atoms with Crippen molar-refractivity contribution in [2.75, 3.05) is 12.0 Å². The lowest BCUT2D eigenvalue weighted by molar-refractivity contribution is -0.133. The molecule has 3 aromatic rings. The lowest BCUT2D eigenvalue weighted by Gasteiger charge is -2.22. The Morgan fingerprint density at radius 2 is 1.83 bits per heavy atom. The van der Waals surface area contributed by atoms with E-state index in [0.717, 1.165) is 16.8 Å². The van der Waals surface area contributed by atoms with E-state index in [2.05, 4.69) is 19.7 Å². The van der Waals surface area contributed by atoms with E-state index < -0.39 is 31.2 Å². The zero-order valence-corrected chi connectivity index (χ0v) is 16.3. The molecule has 30 heavy (non-hydrogen) atoms. The van der Waals surface area contributed by atoms with Crippen molar-refractivity contribution in [1.82, 2.24) is 19.7 Å². The van der Waals surface area contributed by atoms with Gasteiger partial charge in [-0.2, -0.15) is 13.2 Å². The molecule has 0 bridgehead atoms. The minimum atomic E-state index is -3.28. The third kappa shape index (κ3) is 5.51. The maximum absolute atomic E-state index is 13.1. The molecule has 3 rings (SSSR count). The zero-order chi connectivity index (χ0) is 21.5. The molecule has 0 spiro atoms. The van der Waals surface area contributed by atoms with Crippen LogP contribution in [0.3, 0.4) is 0 Å². The molecule has 11 heteroatoms. The predicted octanol–water partition coefficient (Wildman–Crippen LogP) is 2.97. The van der Waals surface area contributed by atoms with Gasteiger partial charge in [0.1, 0.15) is 19.1 Å². The van der Waals surface area contributed by atoms with Gasteiger partial charge in [-0.3, -0.25) is 9.78 Å². The number of aliphatic hydroxyl groups excluding tert-OH is 1. The van der Waals surface area contributed by atoms with Crippen molar-refractivity contribution < 1.29 is 23.1 Å². The van der Waals surface area contributed by atoms with Crippen LogP contribution in [-0.2, 0) is 11.3 Å². The first kappa shape index (κ1) is 21.7. The SMILES string of the molecule is O=C(N[C@H](CF)[C@H](O)c1ccc(-c2ccc(CNc3ncns3)nc2)cc1)C(F)F. The van der Waals surface area contributed by atoms with Crippen LogP contribution in [0, 0.1) is 0 Å². The highest BCUT2D eigenvalue weighted by Crippen LogP contribution is 2.24. The van der Waals surface area contributed by atoms with E-state index in [1.165, 1.54) is 17.9 Å². The van der Waals surface area contributed by atoms with Gasteiger partial charge in [-0.15, -0.1) is 0 Å². The normalized spacial score (nSPS) is 13.1. The van der Waals surface area contributed by atoms with E-state index in [1.807, 2.05) is 12.1 Å². The zero-order valence-electron chi connectivity index (χ0n) is 15.5. The van der Waals surface area contributed by atoms with Gasteiger partial charge < -0.3 is 15.7 Å². The van der Waals surface area contributed by atoms with Gasteiger partial charge in [0.2, 0.25) is 5.13 Å². The molecule has 0 radical (unpaired) electrons. The van der Waals surface area contributed by atoms with Crippen LogP contribution >= 0.6 is 11.5 Å². The van der Waals surface area contributed by atoms with Crippen molar-refractivity contribution in [2.45, 2.75) is 25.1 Å². The number of halogens is 3. The molecule has 1 amide bonds. The number of anilines is 1. The summed E-state index contributed by atoms with van der Waals surface area (Å²) in [5.41, 5.74) is 2.72. The van der Waals surface area contributed by atoms with Crippen LogP contribution in [0.5, 0.6) is 0 Å². The number of nitrogens with one attached hydrogen (secondary N) is 2. The number of amides is 1. The van der Waals surface area contributed by atoms with Gasteiger partial charge in [-0.25, -0.2) is 9.37 Å². The summed E-state index contributed by atoms with van der Waals surface area (Å²) in [6.45, 7) is -0.687. The lowest BCUT2D eigenvalue weighted by Crippen LogP contribution is -2.43. The fourth-order valence-corrected chi connectivity index (χ4v) is 3.09. The number of hydrogen-bond acceptors (Lipinski definition) is 7. The first-order valence-corrected chi connectivity index (χ1v) is 9.63. The highest BCUT2D eigenvalue weighted by Gasteiger charge is 2.26. The topological polar surface area (TPSA) is 100 Å². The number of alkyl halides is 3. The summed E-state index contributed by atoms with van der Waals surface area (Å²) in [7, 11) is 0. The first-order chi connectivity index (χ1) is 14.5. The molecule has 0 fully saturated rings. The Morgan fingerprint density at radius 3 is 2.40 bits per heavy atom. The Kier molecular flexibility index (Phi) is 7.31. The molecule has 0 saturated heterocycles.